The van der Waals surface area contributed by atoms with Crippen molar-refractivity contribution < 1.29 is 9.53 Å². The molecule has 0 unspecified atom stereocenters. The zero-order valence-corrected chi connectivity index (χ0v) is 13.8. The van der Waals surface area contributed by atoms with Crippen molar-refractivity contribution in [2.45, 2.75) is 13.3 Å². The molecular weight excluding hydrogens is 364 g/mol. The highest BCUT2D eigenvalue weighted by atomic mass is 79.9. The van der Waals surface area contributed by atoms with Crippen LogP contribution in [0.15, 0.2) is 28.1 Å². The molecule has 0 aliphatic carbocycles. The van der Waals surface area contributed by atoms with E-state index >= 15 is 0 Å². The SMILES string of the molecule is CCOC(=O)Cc1csc(Nc2ccc(Br)cc2Cl)n1. The summed E-state index contributed by atoms with van der Waals surface area (Å²) >= 11 is 10.9. The summed E-state index contributed by atoms with van der Waals surface area (Å²) in [5.74, 6) is -0.272. The van der Waals surface area contributed by atoms with E-state index in [1.165, 1.54) is 11.3 Å². The minimum absolute atomic E-state index is 0.181. The van der Waals surface area contributed by atoms with Crippen molar-refractivity contribution in [2.75, 3.05) is 11.9 Å². The van der Waals surface area contributed by atoms with Gasteiger partial charge in [-0.05, 0) is 25.1 Å². The molecule has 0 aliphatic rings. The number of carbonyl (C=O) groups is 1. The fourth-order valence-corrected chi connectivity index (χ4v) is 2.95. The number of nitrogens with zero attached hydrogens (tertiary/aromatic N) is 1. The quantitative estimate of drug-likeness (QED) is 0.787. The Morgan fingerprint density at radius 2 is 2.35 bits per heavy atom. The third kappa shape index (κ3) is 4.19. The van der Waals surface area contributed by atoms with Gasteiger partial charge in [-0.2, -0.15) is 0 Å². The summed E-state index contributed by atoms with van der Waals surface area (Å²) in [5.41, 5.74) is 1.45. The Hall–Kier alpha value is -1.11. The van der Waals surface area contributed by atoms with Crippen LogP contribution in [0.5, 0.6) is 0 Å². The first-order chi connectivity index (χ1) is 9.58. The van der Waals surface area contributed by atoms with E-state index in [2.05, 4.69) is 26.2 Å². The average molecular weight is 376 g/mol. The number of hydrogen-bond donors (Lipinski definition) is 1. The highest BCUT2D eigenvalue weighted by molar-refractivity contribution is 9.10. The Morgan fingerprint density at radius 1 is 1.55 bits per heavy atom. The number of thiazole rings is 1. The van der Waals surface area contributed by atoms with Crippen molar-refractivity contribution in [1.29, 1.82) is 0 Å². The Labute approximate surface area is 134 Å². The molecule has 1 aromatic carbocycles. The van der Waals surface area contributed by atoms with Crippen LogP contribution in [0.4, 0.5) is 10.8 Å². The van der Waals surface area contributed by atoms with E-state index in [0.717, 1.165) is 10.2 Å². The smallest absolute Gasteiger partial charge is 0.311 e. The molecule has 2 aromatic rings. The van der Waals surface area contributed by atoms with Crippen molar-refractivity contribution in [3.63, 3.8) is 0 Å². The average Bonchev–Trinajstić information content (AvgIpc) is 2.80. The zero-order chi connectivity index (χ0) is 14.5. The normalized spacial score (nSPS) is 10.3. The van der Waals surface area contributed by atoms with Gasteiger partial charge in [0.2, 0.25) is 0 Å². The van der Waals surface area contributed by atoms with Gasteiger partial charge in [0.15, 0.2) is 5.13 Å². The zero-order valence-electron chi connectivity index (χ0n) is 10.7. The standard InChI is InChI=1S/C13H12BrClN2O2S/c1-2-19-12(18)6-9-7-20-13(16-9)17-11-4-3-8(14)5-10(11)15/h3-5,7H,2,6H2,1H3,(H,16,17). The summed E-state index contributed by atoms with van der Waals surface area (Å²) < 4.78 is 5.80. The lowest BCUT2D eigenvalue weighted by Gasteiger charge is -2.05. The van der Waals surface area contributed by atoms with Gasteiger partial charge in [0.1, 0.15) is 0 Å². The highest BCUT2D eigenvalue weighted by Crippen LogP contribution is 2.29. The molecule has 20 heavy (non-hydrogen) atoms. The third-order valence-electron chi connectivity index (χ3n) is 2.36. The van der Waals surface area contributed by atoms with Crippen LogP contribution in [0.3, 0.4) is 0 Å². The summed E-state index contributed by atoms with van der Waals surface area (Å²) in [6.45, 7) is 2.16. The number of benzene rings is 1. The minimum Gasteiger partial charge on any atom is -0.466 e. The fraction of sp³-hybridized carbons (Fsp3) is 0.231. The predicted molar refractivity (Wildman–Crippen MR) is 84.9 cm³/mol. The maximum atomic E-state index is 11.4. The van der Waals surface area contributed by atoms with Crippen molar-refractivity contribution >= 4 is 55.7 Å². The third-order valence-corrected chi connectivity index (χ3v) is 3.97. The lowest BCUT2D eigenvalue weighted by Crippen LogP contribution is -2.07. The molecule has 1 N–H and O–H groups in total. The number of halogens is 2. The van der Waals surface area contributed by atoms with Gasteiger partial charge in [-0.15, -0.1) is 11.3 Å². The number of aromatic nitrogens is 1. The first-order valence-electron chi connectivity index (χ1n) is 5.90. The number of anilines is 2. The summed E-state index contributed by atoms with van der Waals surface area (Å²) in [5, 5.41) is 6.24. The van der Waals surface area contributed by atoms with Crippen LogP contribution in [0.2, 0.25) is 5.02 Å². The van der Waals surface area contributed by atoms with Crippen LogP contribution in [0, 0.1) is 0 Å². The van der Waals surface area contributed by atoms with E-state index < -0.39 is 0 Å². The maximum Gasteiger partial charge on any atom is 0.311 e. The molecule has 106 valence electrons. The van der Waals surface area contributed by atoms with Crippen molar-refractivity contribution in [1.82, 2.24) is 4.98 Å². The molecular formula is C13H12BrClN2O2S. The molecule has 4 nitrogen and oxygen atoms in total. The Kier molecular flexibility index (Phi) is 5.39. The van der Waals surface area contributed by atoms with E-state index in [0.29, 0.717) is 22.5 Å². The van der Waals surface area contributed by atoms with Gasteiger partial charge in [0, 0.05) is 9.85 Å². The van der Waals surface area contributed by atoms with Crippen molar-refractivity contribution in [2.24, 2.45) is 0 Å². The summed E-state index contributed by atoms with van der Waals surface area (Å²) in [6.07, 6.45) is 0.181. The second-order valence-corrected chi connectivity index (χ2v) is 6.06. The van der Waals surface area contributed by atoms with E-state index in [4.69, 9.17) is 16.3 Å². The highest BCUT2D eigenvalue weighted by Gasteiger charge is 2.09. The molecule has 0 fully saturated rings. The number of rotatable bonds is 5. The number of nitrogens with one attached hydrogen (secondary N) is 1. The van der Waals surface area contributed by atoms with Crippen LogP contribution in [-0.2, 0) is 16.0 Å². The molecule has 0 aliphatic heterocycles. The van der Waals surface area contributed by atoms with Gasteiger partial charge in [-0.1, -0.05) is 27.5 Å². The van der Waals surface area contributed by atoms with Gasteiger partial charge < -0.3 is 10.1 Å². The molecule has 0 radical (unpaired) electrons. The maximum absolute atomic E-state index is 11.4. The molecule has 0 bridgehead atoms. The minimum atomic E-state index is -0.272. The van der Waals surface area contributed by atoms with E-state index in [1.54, 1.807) is 13.0 Å². The van der Waals surface area contributed by atoms with Gasteiger partial charge in [-0.25, -0.2) is 4.98 Å². The molecule has 1 aromatic heterocycles. The number of hydrogen-bond acceptors (Lipinski definition) is 5. The molecule has 0 saturated carbocycles. The van der Waals surface area contributed by atoms with Crippen LogP contribution in [0.1, 0.15) is 12.6 Å². The van der Waals surface area contributed by atoms with E-state index in [-0.39, 0.29) is 12.4 Å². The van der Waals surface area contributed by atoms with Gasteiger partial charge >= 0.3 is 5.97 Å². The second-order valence-electron chi connectivity index (χ2n) is 3.87. The topological polar surface area (TPSA) is 51.2 Å². The molecule has 0 spiro atoms. The van der Waals surface area contributed by atoms with E-state index in [1.807, 2.05) is 17.5 Å². The molecule has 0 amide bonds. The van der Waals surface area contributed by atoms with Gasteiger partial charge in [0.25, 0.3) is 0 Å². The lowest BCUT2D eigenvalue weighted by molar-refractivity contribution is -0.142. The molecule has 0 atom stereocenters. The molecule has 7 heteroatoms. The Morgan fingerprint density at radius 3 is 3.05 bits per heavy atom. The lowest BCUT2D eigenvalue weighted by atomic mass is 10.3. The van der Waals surface area contributed by atoms with Gasteiger partial charge in [0.05, 0.1) is 29.4 Å². The van der Waals surface area contributed by atoms with Crippen molar-refractivity contribution in [3.05, 3.63) is 38.8 Å². The van der Waals surface area contributed by atoms with Crippen LogP contribution < -0.4 is 5.32 Å². The Balaban J connectivity index is 2.04. The van der Waals surface area contributed by atoms with Crippen LogP contribution >= 0.6 is 38.9 Å². The molecule has 0 saturated heterocycles. The molecule has 1 heterocycles. The van der Waals surface area contributed by atoms with Crippen LogP contribution in [-0.4, -0.2) is 17.6 Å². The second kappa shape index (κ2) is 7.06. The van der Waals surface area contributed by atoms with Crippen molar-refractivity contribution in [3.8, 4) is 0 Å². The summed E-state index contributed by atoms with van der Waals surface area (Å²) in [6, 6.07) is 5.55. The first-order valence-corrected chi connectivity index (χ1v) is 7.95. The molecule has 2 rings (SSSR count). The monoisotopic (exact) mass is 374 g/mol. The number of esters is 1. The van der Waals surface area contributed by atoms with Crippen LogP contribution in [0.25, 0.3) is 0 Å². The number of ether oxygens (including phenoxy) is 1. The largest absolute Gasteiger partial charge is 0.466 e. The fourth-order valence-electron chi connectivity index (χ4n) is 1.51. The number of carbonyl (C=O) groups excluding carboxylic acids is 1. The first kappa shape index (κ1) is 15.3. The summed E-state index contributed by atoms with van der Waals surface area (Å²) in [4.78, 5) is 15.7. The predicted octanol–water partition coefficient (Wildman–Crippen LogP) is 4.41. The van der Waals surface area contributed by atoms with E-state index in [9.17, 15) is 4.79 Å². The Bertz CT molecular complexity index is 618. The summed E-state index contributed by atoms with van der Waals surface area (Å²) in [7, 11) is 0. The van der Waals surface area contributed by atoms with Gasteiger partial charge in [-0.3, -0.25) is 4.79 Å².